The summed E-state index contributed by atoms with van der Waals surface area (Å²) in [7, 11) is 0. The Hall–Kier alpha value is -3.49. The lowest BCUT2D eigenvalue weighted by molar-refractivity contribution is -0.116. The summed E-state index contributed by atoms with van der Waals surface area (Å²) in [6.07, 6.45) is 1.22. The number of ketones is 1. The number of carboxylic acids is 1. The molecule has 0 saturated carbocycles. The van der Waals surface area contributed by atoms with Crippen LogP contribution in [0.4, 0.5) is 5.82 Å². The molecule has 1 aromatic carbocycles. The van der Waals surface area contributed by atoms with Gasteiger partial charge in [0.05, 0.1) is 22.9 Å². The molecule has 0 radical (unpaired) electrons. The first kappa shape index (κ1) is 22.0. The number of aryl methyl sites for hydroxylation is 2. The summed E-state index contributed by atoms with van der Waals surface area (Å²) in [6, 6.07) is 13.1. The molecule has 4 heterocycles. The Morgan fingerprint density at radius 1 is 1.09 bits per heavy atom. The van der Waals surface area contributed by atoms with E-state index in [1.807, 2.05) is 19.1 Å². The topological polar surface area (TPSA) is 84.2 Å². The van der Waals surface area contributed by atoms with Crippen molar-refractivity contribution in [3.8, 4) is 5.69 Å². The third-order valence-electron chi connectivity index (χ3n) is 6.93. The second-order valence-corrected chi connectivity index (χ2v) is 11.0. The molecule has 8 heteroatoms. The monoisotopic (exact) mass is 501 g/mol. The minimum atomic E-state index is -1.01. The van der Waals surface area contributed by atoms with Crippen molar-refractivity contribution in [2.45, 2.75) is 38.5 Å². The van der Waals surface area contributed by atoms with Gasteiger partial charge < -0.3 is 10.4 Å². The van der Waals surface area contributed by atoms with Gasteiger partial charge in [0.25, 0.3) is 0 Å². The van der Waals surface area contributed by atoms with Crippen molar-refractivity contribution in [1.82, 2.24) is 9.78 Å². The minimum absolute atomic E-state index is 0.129. The molecule has 0 bridgehead atoms. The standard InChI is InChI=1S/C27H23N3O3S2/c1-14-9-11-35-25(14)24-22-15(2)29-30(19-7-4-3-6-17(19)27(32)33)26(22)28-18-12-16(13-20(31)23(18)24)21-8-5-10-34-21/h3-11,16,24,28H,12-13H2,1-2H3,(H,32,33). The van der Waals surface area contributed by atoms with Gasteiger partial charge in [-0.05, 0) is 60.9 Å². The number of thiophene rings is 2. The van der Waals surface area contributed by atoms with Crippen molar-refractivity contribution < 1.29 is 14.7 Å². The van der Waals surface area contributed by atoms with Crippen molar-refractivity contribution in [3.05, 3.63) is 96.6 Å². The van der Waals surface area contributed by atoms with E-state index in [1.54, 1.807) is 45.6 Å². The number of para-hydroxylation sites is 1. The Morgan fingerprint density at radius 2 is 1.91 bits per heavy atom. The van der Waals surface area contributed by atoms with E-state index in [0.717, 1.165) is 45.2 Å². The fraction of sp³-hybridized carbons (Fsp3) is 0.222. The van der Waals surface area contributed by atoms with Gasteiger partial charge in [-0.3, -0.25) is 4.79 Å². The number of nitrogens with one attached hydrogen (secondary N) is 1. The van der Waals surface area contributed by atoms with Gasteiger partial charge in [0.2, 0.25) is 0 Å². The Kier molecular flexibility index (Phi) is 5.23. The molecular formula is C27H23N3O3S2. The molecule has 6 rings (SSSR count). The highest BCUT2D eigenvalue weighted by atomic mass is 32.1. The maximum absolute atomic E-state index is 13.7. The van der Waals surface area contributed by atoms with Crippen LogP contribution in [-0.2, 0) is 4.79 Å². The lowest BCUT2D eigenvalue weighted by Gasteiger charge is -2.35. The fourth-order valence-electron chi connectivity index (χ4n) is 5.36. The number of aromatic nitrogens is 2. The predicted octanol–water partition coefficient (Wildman–Crippen LogP) is 6.27. The average molecular weight is 502 g/mol. The number of aromatic carboxylic acids is 1. The molecule has 1 aliphatic heterocycles. The summed E-state index contributed by atoms with van der Waals surface area (Å²) in [4.78, 5) is 28.0. The first-order valence-electron chi connectivity index (χ1n) is 11.5. The van der Waals surface area contributed by atoms with Crippen LogP contribution in [0.5, 0.6) is 0 Å². The summed E-state index contributed by atoms with van der Waals surface area (Å²) in [6.45, 7) is 4.01. The largest absolute Gasteiger partial charge is 0.478 e. The molecule has 176 valence electrons. The SMILES string of the molecule is Cc1ccsc1C1C2=C(CC(c3cccs3)CC2=O)Nc2c1c(C)nn2-c1ccccc1C(=O)O. The van der Waals surface area contributed by atoms with Crippen molar-refractivity contribution in [1.29, 1.82) is 0 Å². The normalized spacial score (nSPS) is 19.3. The summed E-state index contributed by atoms with van der Waals surface area (Å²) < 4.78 is 1.70. The number of fused-ring (bicyclic) bond motifs is 1. The molecule has 4 aromatic rings. The van der Waals surface area contributed by atoms with E-state index >= 15 is 0 Å². The second kappa shape index (κ2) is 8.32. The minimum Gasteiger partial charge on any atom is -0.478 e. The third-order valence-corrected chi connectivity index (χ3v) is 9.05. The highest BCUT2D eigenvalue weighted by Crippen LogP contribution is 2.51. The van der Waals surface area contributed by atoms with E-state index in [-0.39, 0.29) is 23.2 Å². The maximum Gasteiger partial charge on any atom is 0.337 e. The Morgan fingerprint density at radius 3 is 2.63 bits per heavy atom. The second-order valence-electron chi connectivity index (χ2n) is 9.04. The molecule has 3 aromatic heterocycles. The predicted molar refractivity (Wildman–Crippen MR) is 138 cm³/mol. The van der Waals surface area contributed by atoms with Crippen LogP contribution >= 0.6 is 22.7 Å². The van der Waals surface area contributed by atoms with E-state index in [9.17, 15) is 14.7 Å². The van der Waals surface area contributed by atoms with Crippen LogP contribution in [0.25, 0.3) is 5.69 Å². The zero-order chi connectivity index (χ0) is 24.3. The number of rotatable bonds is 4. The van der Waals surface area contributed by atoms with E-state index < -0.39 is 5.97 Å². The lowest BCUT2D eigenvalue weighted by Crippen LogP contribution is -2.30. The molecule has 2 aliphatic rings. The zero-order valence-corrected chi connectivity index (χ0v) is 20.9. The number of nitrogens with zero attached hydrogens (tertiary/aromatic N) is 2. The summed E-state index contributed by atoms with van der Waals surface area (Å²) in [5, 5.41) is 22.3. The molecule has 35 heavy (non-hydrogen) atoms. The summed E-state index contributed by atoms with van der Waals surface area (Å²) in [5.74, 6) is -0.187. The van der Waals surface area contributed by atoms with E-state index in [0.29, 0.717) is 12.1 Å². The van der Waals surface area contributed by atoms with Crippen molar-refractivity contribution in [2.24, 2.45) is 0 Å². The Bertz CT molecular complexity index is 1510. The molecule has 2 unspecified atom stereocenters. The van der Waals surface area contributed by atoms with Crippen molar-refractivity contribution in [3.63, 3.8) is 0 Å². The Balaban J connectivity index is 1.57. The van der Waals surface area contributed by atoms with Crippen LogP contribution in [-0.4, -0.2) is 26.6 Å². The zero-order valence-electron chi connectivity index (χ0n) is 19.2. The van der Waals surface area contributed by atoms with Crippen LogP contribution in [0.3, 0.4) is 0 Å². The fourth-order valence-corrected chi connectivity index (χ4v) is 7.23. The number of carboxylic acid groups (broad SMARTS) is 1. The molecule has 0 fully saturated rings. The van der Waals surface area contributed by atoms with Gasteiger partial charge in [-0.1, -0.05) is 18.2 Å². The van der Waals surface area contributed by atoms with Gasteiger partial charge >= 0.3 is 5.97 Å². The van der Waals surface area contributed by atoms with Crippen LogP contribution in [0.15, 0.2) is 64.5 Å². The quantitative estimate of drug-likeness (QED) is 0.344. The van der Waals surface area contributed by atoms with Gasteiger partial charge in [-0.25, -0.2) is 9.48 Å². The number of anilines is 1. The van der Waals surface area contributed by atoms with Gasteiger partial charge in [0.1, 0.15) is 5.82 Å². The van der Waals surface area contributed by atoms with E-state index in [1.165, 1.54) is 4.88 Å². The summed E-state index contributed by atoms with van der Waals surface area (Å²) >= 11 is 3.34. The third kappa shape index (κ3) is 3.47. The molecule has 0 amide bonds. The number of carbonyl (C=O) groups is 2. The van der Waals surface area contributed by atoms with Crippen LogP contribution < -0.4 is 5.32 Å². The number of Topliss-reactive ketones (excluding diaryl/α,β-unsaturated/α-hetero) is 1. The highest BCUT2D eigenvalue weighted by Gasteiger charge is 2.42. The summed E-state index contributed by atoms with van der Waals surface area (Å²) in [5.41, 5.74) is 5.29. The molecule has 1 aliphatic carbocycles. The van der Waals surface area contributed by atoms with Gasteiger partial charge in [-0.15, -0.1) is 22.7 Å². The van der Waals surface area contributed by atoms with E-state index in [2.05, 4.69) is 35.1 Å². The van der Waals surface area contributed by atoms with Gasteiger partial charge in [0.15, 0.2) is 5.78 Å². The van der Waals surface area contributed by atoms with Gasteiger partial charge in [0, 0.05) is 38.9 Å². The molecule has 2 atom stereocenters. The number of hydrogen-bond donors (Lipinski definition) is 2. The van der Waals surface area contributed by atoms with Crippen LogP contribution in [0.1, 0.15) is 61.6 Å². The maximum atomic E-state index is 13.7. The first-order chi connectivity index (χ1) is 16.9. The average Bonchev–Trinajstić information content (AvgIpc) is 3.59. The molecule has 0 saturated heterocycles. The number of carbonyl (C=O) groups excluding carboxylic acids is 1. The lowest BCUT2D eigenvalue weighted by atomic mass is 9.75. The number of allylic oxidation sites excluding steroid dienone is 2. The molecule has 6 nitrogen and oxygen atoms in total. The van der Waals surface area contributed by atoms with Crippen molar-refractivity contribution >= 4 is 40.2 Å². The molecular weight excluding hydrogens is 478 g/mol. The smallest absolute Gasteiger partial charge is 0.337 e. The van der Waals surface area contributed by atoms with Crippen LogP contribution in [0.2, 0.25) is 0 Å². The van der Waals surface area contributed by atoms with Crippen LogP contribution in [0, 0.1) is 13.8 Å². The molecule has 2 N–H and O–H groups in total. The first-order valence-corrected chi connectivity index (χ1v) is 13.2. The Labute approximate surface area is 210 Å². The van der Waals surface area contributed by atoms with Crippen molar-refractivity contribution in [2.75, 3.05) is 5.32 Å². The number of hydrogen-bond acceptors (Lipinski definition) is 6. The highest BCUT2D eigenvalue weighted by molar-refractivity contribution is 7.10. The van der Waals surface area contributed by atoms with E-state index in [4.69, 9.17) is 5.10 Å². The molecule has 0 spiro atoms. The number of benzene rings is 1. The van der Waals surface area contributed by atoms with Gasteiger partial charge in [-0.2, -0.15) is 5.10 Å².